The molecule has 0 saturated heterocycles. The van der Waals surface area contributed by atoms with Crippen molar-refractivity contribution in [3.8, 4) is 11.5 Å². The zero-order chi connectivity index (χ0) is 24.4. The Bertz CT molecular complexity index is 1190. The minimum atomic E-state index is -1.20. The largest absolute Gasteiger partial charge is 0.463 e. The first-order chi connectivity index (χ1) is 17.0. The SMILES string of the molecule is C[C@@]1(C(=O)NC2CCCCCCC2)Cn2c(ccc2-c2ccco2)C(=O)N1Cc1ccccc1F. The van der Waals surface area contributed by atoms with E-state index in [2.05, 4.69) is 5.32 Å². The van der Waals surface area contributed by atoms with Gasteiger partial charge in [-0.3, -0.25) is 9.59 Å². The fraction of sp³-hybridized carbons (Fsp3) is 0.429. The molecular formula is C28H32FN3O3. The Kier molecular flexibility index (Phi) is 6.50. The van der Waals surface area contributed by atoms with Crippen LogP contribution < -0.4 is 5.32 Å². The van der Waals surface area contributed by atoms with Gasteiger partial charge in [-0.05, 0) is 50.1 Å². The first-order valence-corrected chi connectivity index (χ1v) is 12.6. The van der Waals surface area contributed by atoms with Gasteiger partial charge >= 0.3 is 0 Å². The number of halogens is 1. The maximum absolute atomic E-state index is 14.6. The van der Waals surface area contributed by atoms with E-state index in [0.717, 1.165) is 31.4 Å². The molecule has 1 aromatic carbocycles. The number of benzene rings is 1. The predicted octanol–water partition coefficient (Wildman–Crippen LogP) is 5.53. The van der Waals surface area contributed by atoms with Crippen LogP contribution in [0.1, 0.15) is 67.9 Å². The number of rotatable bonds is 5. The molecule has 1 fully saturated rings. The summed E-state index contributed by atoms with van der Waals surface area (Å²) in [7, 11) is 0. The molecule has 0 spiro atoms. The van der Waals surface area contributed by atoms with Crippen molar-refractivity contribution in [2.75, 3.05) is 0 Å². The van der Waals surface area contributed by atoms with Gasteiger partial charge in [0.25, 0.3) is 5.91 Å². The van der Waals surface area contributed by atoms with Crippen LogP contribution in [0, 0.1) is 5.82 Å². The zero-order valence-electron chi connectivity index (χ0n) is 20.1. The van der Waals surface area contributed by atoms with Crippen molar-refractivity contribution in [3.05, 3.63) is 71.9 Å². The van der Waals surface area contributed by atoms with Crippen molar-refractivity contribution < 1.29 is 18.4 Å². The lowest BCUT2D eigenvalue weighted by molar-refractivity contribution is -0.134. The van der Waals surface area contributed by atoms with Gasteiger partial charge in [0.05, 0.1) is 25.0 Å². The third kappa shape index (κ3) is 4.51. The summed E-state index contributed by atoms with van der Waals surface area (Å²) < 4.78 is 22.1. The molecule has 2 aromatic heterocycles. The van der Waals surface area contributed by atoms with E-state index in [1.54, 1.807) is 43.5 Å². The number of amides is 2. The number of hydrogen-bond acceptors (Lipinski definition) is 3. The predicted molar refractivity (Wildman–Crippen MR) is 131 cm³/mol. The number of nitrogens with zero attached hydrogens (tertiary/aromatic N) is 2. The van der Waals surface area contributed by atoms with Gasteiger partial charge in [0.2, 0.25) is 5.91 Å². The van der Waals surface area contributed by atoms with Gasteiger partial charge in [-0.25, -0.2) is 4.39 Å². The van der Waals surface area contributed by atoms with E-state index in [9.17, 15) is 14.0 Å². The lowest BCUT2D eigenvalue weighted by atomic mass is 9.91. The molecule has 6 nitrogen and oxygen atoms in total. The zero-order valence-corrected chi connectivity index (χ0v) is 20.1. The van der Waals surface area contributed by atoms with Gasteiger partial charge < -0.3 is 19.2 Å². The summed E-state index contributed by atoms with van der Waals surface area (Å²) in [6.07, 6.45) is 9.25. The summed E-state index contributed by atoms with van der Waals surface area (Å²) in [5, 5.41) is 3.26. The molecule has 5 rings (SSSR count). The Balaban J connectivity index is 1.51. The Morgan fingerprint density at radius 1 is 1.03 bits per heavy atom. The second-order valence-corrected chi connectivity index (χ2v) is 9.94. The smallest absolute Gasteiger partial charge is 0.271 e. The minimum absolute atomic E-state index is 0.0152. The molecule has 2 amide bonds. The maximum Gasteiger partial charge on any atom is 0.271 e. The number of carbonyl (C=O) groups excluding carboxylic acids is 2. The number of nitrogens with one attached hydrogen (secondary N) is 1. The average molecular weight is 478 g/mol. The van der Waals surface area contributed by atoms with Crippen molar-refractivity contribution >= 4 is 11.8 Å². The minimum Gasteiger partial charge on any atom is -0.463 e. The normalized spacial score (nSPS) is 21.3. The van der Waals surface area contributed by atoms with Gasteiger partial charge in [0.1, 0.15) is 22.8 Å². The Morgan fingerprint density at radius 2 is 1.74 bits per heavy atom. The van der Waals surface area contributed by atoms with Crippen LogP contribution in [0.2, 0.25) is 0 Å². The Labute approximate surface area is 205 Å². The van der Waals surface area contributed by atoms with Crippen LogP contribution in [0.4, 0.5) is 4.39 Å². The molecule has 0 radical (unpaired) electrons. The standard InChI is InChI=1S/C28H32FN3O3/c1-28(27(34)30-21-11-5-3-2-4-6-12-21)19-31-23(25-14-9-17-35-25)15-16-24(31)26(33)32(28)18-20-10-7-8-13-22(20)29/h7-10,13-17,21H,2-6,11-12,18-19H2,1H3,(H,30,34)/t28-/m0/s1. The van der Waals surface area contributed by atoms with Gasteiger partial charge in [-0.15, -0.1) is 0 Å². The van der Waals surface area contributed by atoms with Crippen LogP contribution >= 0.6 is 0 Å². The molecule has 35 heavy (non-hydrogen) atoms. The number of aromatic nitrogens is 1. The van der Waals surface area contributed by atoms with Crippen LogP contribution in [0.5, 0.6) is 0 Å². The Hall–Kier alpha value is -3.35. The molecule has 0 bridgehead atoms. The van der Waals surface area contributed by atoms with Gasteiger partial charge in [-0.2, -0.15) is 0 Å². The fourth-order valence-electron chi connectivity index (χ4n) is 5.40. The number of carbonyl (C=O) groups is 2. The fourth-order valence-corrected chi connectivity index (χ4v) is 5.40. The first-order valence-electron chi connectivity index (χ1n) is 12.6. The highest BCUT2D eigenvalue weighted by molar-refractivity contribution is 6.00. The molecule has 184 valence electrons. The van der Waals surface area contributed by atoms with E-state index in [0.29, 0.717) is 17.0 Å². The van der Waals surface area contributed by atoms with Crippen LogP contribution in [0.3, 0.4) is 0 Å². The van der Waals surface area contributed by atoms with E-state index in [-0.39, 0.29) is 36.8 Å². The summed E-state index contributed by atoms with van der Waals surface area (Å²) >= 11 is 0. The third-order valence-electron chi connectivity index (χ3n) is 7.50. The summed E-state index contributed by atoms with van der Waals surface area (Å²) in [6, 6.07) is 13.7. The van der Waals surface area contributed by atoms with Crippen molar-refractivity contribution in [3.63, 3.8) is 0 Å². The third-order valence-corrected chi connectivity index (χ3v) is 7.50. The summed E-state index contributed by atoms with van der Waals surface area (Å²) in [4.78, 5) is 29.2. The molecule has 3 heterocycles. The molecule has 2 aliphatic rings. The van der Waals surface area contributed by atoms with Crippen molar-refractivity contribution in [2.45, 2.75) is 76.5 Å². The van der Waals surface area contributed by atoms with Gasteiger partial charge in [0, 0.05) is 11.6 Å². The van der Waals surface area contributed by atoms with Crippen LogP contribution in [-0.4, -0.2) is 32.9 Å². The lowest BCUT2D eigenvalue weighted by Crippen LogP contribution is -2.64. The van der Waals surface area contributed by atoms with Crippen molar-refractivity contribution in [2.24, 2.45) is 0 Å². The second-order valence-electron chi connectivity index (χ2n) is 9.94. The van der Waals surface area contributed by atoms with E-state index in [4.69, 9.17) is 4.42 Å². The van der Waals surface area contributed by atoms with E-state index >= 15 is 0 Å². The highest BCUT2D eigenvalue weighted by Gasteiger charge is 2.48. The molecule has 3 aromatic rings. The monoisotopic (exact) mass is 477 g/mol. The van der Waals surface area contributed by atoms with E-state index < -0.39 is 5.54 Å². The number of fused-ring (bicyclic) bond motifs is 1. The number of furan rings is 1. The van der Waals surface area contributed by atoms with E-state index in [1.165, 1.54) is 30.2 Å². The van der Waals surface area contributed by atoms with Crippen molar-refractivity contribution in [1.29, 1.82) is 0 Å². The molecule has 7 heteroatoms. The highest BCUT2D eigenvalue weighted by atomic mass is 19.1. The summed E-state index contributed by atoms with van der Waals surface area (Å²) in [5.41, 5.74) is 0.393. The molecule has 1 saturated carbocycles. The van der Waals surface area contributed by atoms with Crippen LogP contribution in [-0.2, 0) is 17.9 Å². The summed E-state index contributed by atoms with van der Waals surface area (Å²) in [6.45, 7) is 2.06. The first kappa shape index (κ1) is 23.4. The quantitative estimate of drug-likeness (QED) is 0.525. The van der Waals surface area contributed by atoms with Crippen LogP contribution in [0.25, 0.3) is 11.5 Å². The molecule has 1 aliphatic heterocycles. The molecule has 0 unspecified atom stereocenters. The average Bonchev–Trinajstić information content (AvgIpc) is 3.49. The van der Waals surface area contributed by atoms with Crippen LogP contribution in [0.15, 0.2) is 59.2 Å². The summed E-state index contributed by atoms with van der Waals surface area (Å²) in [5.74, 6) is -0.250. The Morgan fingerprint density at radius 3 is 2.46 bits per heavy atom. The maximum atomic E-state index is 14.6. The molecule has 1 atom stereocenters. The highest BCUT2D eigenvalue weighted by Crippen LogP contribution is 2.35. The molecule has 1 N–H and O–H groups in total. The lowest BCUT2D eigenvalue weighted by Gasteiger charge is -2.45. The molecular weight excluding hydrogens is 445 g/mol. The van der Waals surface area contributed by atoms with Crippen molar-refractivity contribution in [1.82, 2.24) is 14.8 Å². The number of hydrogen-bond donors (Lipinski definition) is 1. The molecule has 1 aliphatic carbocycles. The van der Waals surface area contributed by atoms with E-state index in [1.807, 2.05) is 16.7 Å². The topological polar surface area (TPSA) is 67.5 Å². The van der Waals surface area contributed by atoms with Gasteiger partial charge in [-0.1, -0.05) is 50.3 Å². The second kappa shape index (κ2) is 9.72. The van der Waals surface area contributed by atoms with Gasteiger partial charge in [0.15, 0.2) is 0 Å².